The van der Waals surface area contributed by atoms with Crippen LogP contribution in [0.4, 0.5) is 10.1 Å². The van der Waals surface area contributed by atoms with Gasteiger partial charge in [0.25, 0.3) is 0 Å². The summed E-state index contributed by atoms with van der Waals surface area (Å²) in [4.78, 5) is 14.2. The van der Waals surface area contributed by atoms with Crippen LogP contribution in [0.15, 0.2) is 18.2 Å². The summed E-state index contributed by atoms with van der Waals surface area (Å²) in [5, 5.41) is 10.4. The third kappa shape index (κ3) is 2.28. The van der Waals surface area contributed by atoms with Crippen LogP contribution in [0.25, 0.3) is 0 Å². The summed E-state index contributed by atoms with van der Waals surface area (Å²) in [6.45, 7) is 3.27. The molecule has 0 heterocycles. The standard InChI is InChI=1S/C9H11FN2O3/c1-9(2,15-11)6-3-4-8(12(13)14)7(10)5-6/h3-5H,11H2,1-2H3. The minimum absolute atomic E-state index is 0.438. The molecule has 5 nitrogen and oxygen atoms in total. The monoisotopic (exact) mass is 214 g/mol. The van der Waals surface area contributed by atoms with Gasteiger partial charge in [0.15, 0.2) is 0 Å². The summed E-state index contributed by atoms with van der Waals surface area (Å²) >= 11 is 0. The maximum absolute atomic E-state index is 13.2. The molecule has 0 spiro atoms. The molecule has 6 heteroatoms. The molecule has 0 unspecified atom stereocenters. The van der Waals surface area contributed by atoms with Gasteiger partial charge in [0, 0.05) is 6.07 Å². The molecule has 1 rings (SSSR count). The first kappa shape index (κ1) is 11.5. The van der Waals surface area contributed by atoms with Crippen molar-refractivity contribution in [2.24, 2.45) is 5.90 Å². The number of rotatable bonds is 3. The van der Waals surface area contributed by atoms with Gasteiger partial charge >= 0.3 is 5.69 Å². The third-order valence-corrected chi connectivity index (χ3v) is 2.13. The largest absolute Gasteiger partial charge is 0.304 e. The Morgan fingerprint density at radius 1 is 1.53 bits per heavy atom. The van der Waals surface area contributed by atoms with Crippen LogP contribution in [-0.4, -0.2) is 4.92 Å². The van der Waals surface area contributed by atoms with Crippen LogP contribution in [0.1, 0.15) is 19.4 Å². The van der Waals surface area contributed by atoms with E-state index < -0.39 is 22.0 Å². The molecule has 15 heavy (non-hydrogen) atoms. The van der Waals surface area contributed by atoms with Crippen LogP contribution < -0.4 is 5.90 Å². The minimum atomic E-state index is -0.900. The third-order valence-electron chi connectivity index (χ3n) is 2.13. The molecule has 0 atom stereocenters. The lowest BCUT2D eigenvalue weighted by atomic mass is 9.98. The smallest absolute Gasteiger partial charge is 0.294 e. The summed E-state index contributed by atoms with van der Waals surface area (Å²) < 4.78 is 13.2. The Labute approximate surface area is 85.8 Å². The second kappa shape index (κ2) is 3.92. The summed E-state index contributed by atoms with van der Waals surface area (Å²) in [6, 6.07) is 3.55. The molecule has 0 amide bonds. The second-order valence-corrected chi connectivity index (χ2v) is 3.55. The highest BCUT2D eigenvalue weighted by Gasteiger charge is 2.24. The Bertz CT molecular complexity index is 393. The number of nitrogens with zero attached hydrogens (tertiary/aromatic N) is 1. The molecule has 0 aromatic heterocycles. The van der Waals surface area contributed by atoms with Crippen molar-refractivity contribution in [1.29, 1.82) is 0 Å². The first-order valence-electron chi connectivity index (χ1n) is 4.21. The maximum Gasteiger partial charge on any atom is 0.304 e. The average molecular weight is 214 g/mol. The lowest BCUT2D eigenvalue weighted by Crippen LogP contribution is -2.25. The first-order valence-corrected chi connectivity index (χ1v) is 4.21. The fraction of sp³-hybridized carbons (Fsp3) is 0.333. The van der Waals surface area contributed by atoms with Crippen LogP contribution >= 0.6 is 0 Å². The number of hydrogen-bond donors (Lipinski definition) is 1. The Balaban J connectivity index is 3.18. The van der Waals surface area contributed by atoms with Gasteiger partial charge in [0.2, 0.25) is 5.82 Å². The second-order valence-electron chi connectivity index (χ2n) is 3.55. The van der Waals surface area contributed by atoms with E-state index in [1.54, 1.807) is 13.8 Å². The molecule has 2 N–H and O–H groups in total. The van der Waals surface area contributed by atoms with Crippen molar-refractivity contribution in [1.82, 2.24) is 0 Å². The molecule has 82 valence electrons. The van der Waals surface area contributed by atoms with E-state index in [0.29, 0.717) is 5.56 Å². The predicted molar refractivity (Wildman–Crippen MR) is 51.4 cm³/mol. The van der Waals surface area contributed by atoms with E-state index in [-0.39, 0.29) is 0 Å². The molecular formula is C9H11FN2O3. The highest BCUT2D eigenvalue weighted by molar-refractivity contribution is 5.36. The first-order chi connectivity index (χ1) is 6.88. The summed E-state index contributed by atoms with van der Waals surface area (Å²) in [7, 11) is 0. The highest BCUT2D eigenvalue weighted by Crippen LogP contribution is 2.27. The van der Waals surface area contributed by atoms with E-state index >= 15 is 0 Å². The Hall–Kier alpha value is -1.53. The summed E-state index contributed by atoms with van der Waals surface area (Å²) in [5.74, 6) is 4.13. The van der Waals surface area contributed by atoms with Gasteiger partial charge in [-0.1, -0.05) is 0 Å². The summed E-state index contributed by atoms with van der Waals surface area (Å²) in [6.07, 6.45) is 0. The van der Waals surface area contributed by atoms with E-state index in [2.05, 4.69) is 4.84 Å². The quantitative estimate of drug-likeness (QED) is 0.615. The molecule has 0 fully saturated rings. The molecule has 0 bridgehead atoms. The van der Waals surface area contributed by atoms with E-state index in [1.807, 2.05) is 0 Å². The highest BCUT2D eigenvalue weighted by atomic mass is 19.1. The van der Waals surface area contributed by atoms with E-state index in [1.165, 1.54) is 6.07 Å². The average Bonchev–Trinajstić information content (AvgIpc) is 2.17. The molecule has 1 aromatic carbocycles. The number of benzene rings is 1. The van der Waals surface area contributed by atoms with Gasteiger partial charge in [0.1, 0.15) is 5.60 Å². The Morgan fingerprint density at radius 3 is 2.53 bits per heavy atom. The molecule has 0 saturated heterocycles. The van der Waals surface area contributed by atoms with E-state index in [9.17, 15) is 14.5 Å². The topological polar surface area (TPSA) is 78.4 Å². The minimum Gasteiger partial charge on any atom is -0.294 e. The van der Waals surface area contributed by atoms with Gasteiger partial charge in [-0.15, -0.1) is 0 Å². The lowest BCUT2D eigenvalue weighted by molar-refractivity contribution is -0.387. The van der Waals surface area contributed by atoms with Gasteiger partial charge in [-0.3, -0.25) is 15.0 Å². The lowest BCUT2D eigenvalue weighted by Gasteiger charge is -2.21. The fourth-order valence-corrected chi connectivity index (χ4v) is 1.10. The number of nitro groups is 1. The maximum atomic E-state index is 13.2. The van der Waals surface area contributed by atoms with Crippen molar-refractivity contribution >= 4 is 5.69 Å². The number of nitrogens with two attached hydrogens (primary N) is 1. The SMILES string of the molecule is CC(C)(ON)c1ccc([N+](=O)[O-])c(F)c1. The van der Waals surface area contributed by atoms with Crippen molar-refractivity contribution < 1.29 is 14.2 Å². The van der Waals surface area contributed by atoms with Crippen LogP contribution in [-0.2, 0) is 10.4 Å². The van der Waals surface area contributed by atoms with Gasteiger partial charge in [0.05, 0.1) is 4.92 Å². The summed E-state index contributed by atoms with van der Waals surface area (Å²) in [5.41, 5.74) is -1.00. The van der Waals surface area contributed by atoms with Gasteiger partial charge in [-0.2, -0.15) is 4.39 Å². The van der Waals surface area contributed by atoms with Crippen LogP contribution in [0.3, 0.4) is 0 Å². The van der Waals surface area contributed by atoms with Gasteiger partial charge in [-0.05, 0) is 31.5 Å². The zero-order valence-corrected chi connectivity index (χ0v) is 8.36. The zero-order chi connectivity index (χ0) is 11.6. The van der Waals surface area contributed by atoms with Crippen molar-refractivity contribution in [2.45, 2.75) is 19.4 Å². The Morgan fingerprint density at radius 2 is 2.13 bits per heavy atom. The van der Waals surface area contributed by atoms with Crippen molar-refractivity contribution in [3.05, 3.63) is 39.7 Å². The normalized spacial score (nSPS) is 11.5. The molecule has 0 aliphatic heterocycles. The predicted octanol–water partition coefficient (Wildman–Crippen LogP) is 1.86. The van der Waals surface area contributed by atoms with E-state index in [4.69, 9.17) is 5.90 Å². The molecule has 1 aromatic rings. The molecule has 0 aliphatic rings. The molecule has 0 radical (unpaired) electrons. The molecular weight excluding hydrogens is 203 g/mol. The van der Waals surface area contributed by atoms with E-state index in [0.717, 1.165) is 12.1 Å². The van der Waals surface area contributed by atoms with Crippen LogP contribution in [0.5, 0.6) is 0 Å². The van der Waals surface area contributed by atoms with Crippen LogP contribution in [0.2, 0.25) is 0 Å². The van der Waals surface area contributed by atoms with Crippen LogP contribution in [0, 0.1) is 15.9 Å². The van der Waals surface area contributed by atoms with Gasteiger partial charge < -0.3 is 0 Å². The van der Waals surface area contributed by atoms with Crippen molar-refractivity contribution in [2.75, 3.05) is 0 Å². The molecule has 0 saturated carbocycles. The number of halogens is 1. The number of hydrogen-bond acceptors (Lipinski definition) is 4. The zero-order valence-electron chi connectivity index (χ0n) is 8.36. The fourth-order valence-electron chi connectivity index (χ4n) is 1.10. The van der Waals surface area contributed by atoms with Gasteiger partial charge in [-0.25, -0.2) is 5.90 Å². The Kier molecular flexibility index (Phi) is 3.01. The molecule has 0 aliphatic carbocycles. The number of nitro benzene ring substituents is 1. The van der Waals surface area contributed by atoms with Crippen molar-refractivity contribution in [3.8, 4) is 0 Å². The van der Waals surface area contributed by atoms with Crippen molar-refractivity contribution in [3.63, 3.8) is 0 Å².